The lowest BCUT2D eigenvalue weighted by Crippen LogP contribution is -2.40. The van der Waals surface area contributed by atoms with Crippen molar-refractivity contribution in [3.05, 3.63) is 108 Å². The first-order valence-corrected chi connectivity index (χ1v) is 9.75. The number of hydrogen-bond donors (Lipinski definition) is 1. The van der Waals surface area contributed by atoms with Crippen LogP contribution in [0.3, 0.4) is 0 Å². The first-order valence-electron chi connectivity index (χ1n) is 9.75. The van der Waals surface area contributed by atoms with Crippen LogP contribution in [-0.4, -0.2) is 6.04 Å². The number of hydrogen-bond acceptors (Lipinski definition) is 1. The van der Waals surface area contributed by atoms with Crippen molar-refractivity contribution in [1.29, 1.82) is 0 Å². The first kappa shape index (κ1) is 17.1. The minimum Gasteiger partial charge on any atom is -0.310 e. The summed E-state index contributed by atoms with van der Waals surface area (Å²) in [6, 6.07) is 33.5. The van der Waals surface area contributed by atoms with Crippen LogP contribution in [0.15, 0.2) is 91.0 Å². The molecular weight excluding hydrogens is 314 g/mol. The highest BCUT2D eigenvalue weighted by Crippen LogP contribution is 2.44. The second kappa shape index (κ2) is 7.88. The van der Waals surface area contributed by atoms with Crippen molar-refractivity contribution in [3.8, 4) is 0 Å². The maximum atomic E-state index is 3.78. The smallest absolute Gasteiger partial charge is 0.0208 e. The van der Waals surface area contributed by atoms with E-state index in [0.29, 0.717) is 6.04 Å². The lowest BCUT2D eigenvalue weighted by molar-refractivity contribution is 0.281. The zero-order chi connectivity index (χ0) is 17.7. The second-order valence-corrected chi connectivity index (χ2v) is 7.45. The van der Waals surface area contributed by atoms with Gasteiger partial charge in [-0.05, 0) is 42.4 Å². The van der Waals surface area contributed by atoms with Crippen molar-refractivity contribution in [2.24, 2.45) is 0 Å². The molecule has 1 fully saturated rings. The van der Waals surface area contributed by atoms with Crippen molar-refractivity contribution in [2.75, 3.05) is 0 Å². The van der Waals surface area contributed by atoms with E-state index in [-0.39, 0.29) is 5.41 Å². The Labute approximate surface area is 157 Å². The minimum atomic E-state index is 0.160. The van der Waals surface area contributed by atoms with Crippen molar-refractivity contribution < 1.29 is 0 Å². The molecule has 0 saturated heterocycles. The zero-order valence-corrected chi connectivity index (χ0v) is 15.3. The Balaban J connectivity index is 1.50. The van der Waals surface area contributed by atoms with Gasteiger partial charge in [0.05, 0.1) is 0 Å². The summed E-state index contributed by atoms with van der Waals surface area (Å²) >= 11 is 0. The minimum absolute atomic E-state index is 0.160. The highest BCUT2D eigenvalue weighted by molar-refractivity contribution is 5.40. The molecule has 4 rings (SSSR count). The molecule has 0 radical (unpaired) electrons. The van der Waals surface area contributed by atoms with E-state index in [1.165, 1.54) is 42.4 Å². The van der Waals surface area contributed by atoms with Gasteiger partial charge in [0.15, 0.2) is 0 Å². The van der Waals surface area contributed by atoms with Crippen LogP contribution in [0, 0.1) is 0 Å². The van der Waals surface area contributed by atoms with Crippen LogP contribution >= 0.6 is 0 Å². The van der Waals surface area contributed by atoms with Crippen LogP contribution in [0.4, 0.5) is 0 Å². The quantitative estimate of drug-likeness (QED) is 0.627. The summed E-state index contributed by atoms with van der Waals surface area (Å²) < 4.78 is 0. The standard InChI is InChI=1S/C25H27N/c1-4-10-21(11-5-1)20-26-24-16-18-25(19-17-24,22-12-6-2-7-13-22)23-14-8-3-9-15-23/h1-15,24,26H,16-20H2. The SMILES string of the molecule is c1ccc(CNC2CCC(c3ccccc3)(c3ccccc3)CC2)cc1. The molecule has 3 aromatic carbocycles. The van der Waals surface area contributed by atoms with Gasteiger partial charge in [-0.3, -0.25) is 0 Å². The van der Waals surface area contributed by atoms with Crippen LogP contribution in [-0.2, 0) is 12.0 Å². The van der Waals surface area contributed by atoms with Gasteiger partial charge in [0.2, 0.25) is 0 Å². The monoisotopic (exact) mass is 341 g/mol. The normalized spacial score (nSPS) is 17.1. The summed E-state index contributed by atoms with van der Waals surface area (Å²) in [4.78, 5) is 0. The van der Waals surface area contributed by atoms with Gasteiger partial charge < -0.3 is 5.32 Å². The second-order valence-electron chi connectivity index (χ2n) is 7.45. The Kier molecular flexibility index (Phi) is 5.17. The third-order valence-corrected chi connectivity index (χ3v) is 5.93. The van der Waals surface area contributed by atoms with Gasteiger partial charge in [-0.2, -0.15) is 0 Å². The van der Waals surface area contributed by atoms with Crippen molar-refractivity contribution in [1.82, 2.24) is 5.32 Å². The lowest BCUT2D eigenvalue weighted by atomic mass is 9.64. The molecule has 0 bridgehead atoms. The Morgan fingerprint density at radius 1 is 0.654 bits per heavy atom. The Morgan fingerprint density at radius 2 is 1.12 bits per heavy atom. The molecule has 0 spiro atoms. The van der Waals surface area contributed by atoms with Gasteiger partial charge in [0, 0.05) is 18.0 Å². The summed E-state index contributed by atoms with van der Waals surface area (Å²) in [5.74, 6) is 0. The van der Waals surface area contributed by atoms with Crippen LogP contribution < -0.4 is 5.32 Å². The third-order valence-electron chi connectivity index (χ3n) is 5.93. The number of benzene rings is 3. The number of rotatable bonds is 5. The third kappa shape index (κ3) is 3.59. The fourth-order valence-electron chi connectivity index (χ4n) is 4.43. The maximum Gasteiger partial charge on any atom is 0.0208 e. The van der Waals surface area contributed by atoms with Crippen LogP contribution in [0.2, 0.25) is 0 Å². The molecule has 0 aromatic heterocycles. The number of nitrogens with one attached hydrogen (secondary N) is 1. The molecule has 3 aromatic rings. The molecule has 0 heterocycles. The maximum absolute atomic E-state index is 3.78. The molecule has 1 heteroatoms. The summed E-state index contributed by atoms with van der Waals surface area (Å²) in [5.41, 5.74) is 4.46. The van der Waals surface area contributed by atoms with Crippen LogP contribution in [0.25, 0.3) is 0 Å². The fraction of sp³-hybridized carbons (Fsp3) is 0.280. The summed E-state index contributed by atoms with van der Waals surface area (Å²) in [6.07, 6.45) is 4.84. The molecule has 1 N–H and O–H groups in total. The fourth-order valence-corrected chi connectivity index (χ4v) is 4.43. The summed E-state index contributed by atoms with van der Waals surface area (Å²) in [5, 5.41) is 3.78. The molecule has 132 valence electrons. The highest BCUT2D eigenvalue weighted by Gasteiger charge is 2.38. The van der Waals surface area contributed by atoms with Crippen LogP contribution in [0.5, 0.6) is 0 Å². The van der Waals surface area contributed by atoms with Crippen molar-refractivity contribution in [2.45, 2.75) is 43.7 Å². The van der Waals surface area contributed by atoms with Gasteiger partial charge in [0.1, 0.15) is 0 Å². The molecule has 0 amide bonds. The van der Waals surface area contributed by atoms with E-state index in [4.69, 9.17) is 0 Å². The average molecular weight is 341 g/mol. The van der Waals surface area contributed by atoms with E-state index in [2.05, 4.69) is 96.3 Å². The molecule has 26 heavy (non-hydrogen) atoms. The molecule has 1 aliphatic rings. The van der Waals surface area contributed by atoms with E-state index in [1.807, 2.05) is 0 Å². The van der Waals surface area contributed by atoms with Crippen LogP contribution in [0.1, 0.15) is 42.4 Å². The van der Waals surface area contributed by atoms with Crippen molar-refractivity contribution >= 4 is 0 Å². The Bertz CT molecular complexity index is 746. The largest absolute Gasteiger partial charge is 0.310 e. The molecule has 0 atom stereocenters. The molecule has 0 aliphatic heterocycles. The molecular formula is C25H27N. The predicted octanol–water partition coefficient (Wildman–Crippen LogP) is 5.71. The Morgan fingerprint density at radius 3 is 1.62 bits per heavy atom. The van der Waals surface area contributed by atoms with Gasteiger partial charge in [0.25, 0.3) is 0 Å². The van der Waals surface area contributed by atoms with E-state index in [1.54, 1.807) is 0 Å². The molecule has 1 aliphatic carbocycles. The van der Waals surface area contributed by atoms with E-state index >= 15 is 0 Å². The van der Waals surface area contributed by atoms with Gasteiger partial charge in [-0.1, -0.05) is 91.0 Å². The highest BCUT2D eigenvalue weighted by atomic mass is 14.9. The van der Waals surface area contributed by atoms with E-state index < -0.39 is 0 Å². The zero-order valence-electron chi connectivity index (χ0n) is 15.3. The van der Waals surface area contributed by atoms with Gasteiger partial charge >= 0.3 is 0 Å². The Hall–Kier alpha value is -2.38. The average Bonchev–Trinajstić information content (AvgIpc) is 2.75. The van der Waals surface area contributed by atoms with E-state index in [9.17, 15) is 0 Å². The summed E-state index contributed by atoms with van der Waals surface area (Å²) in [7, 11) is 0. The van der Waals surface area contributed by atoms with E-state index in [0.717, 1.165) is 6.54 Å². The molecule has 1 saturated carbocycles. The lowest BCUT2D eigenvalue weighted by Gasteiger charge is -2.41. The van der Waals surface area contributed by atoms with Crippen molar-refractivity contribution in [3.63, 3.8) is 0 Å². The predicted molar refractivity (Wildman–Crippen MR) is 109 cm³/mol. The van der Waals surface area contributed by atoms with Gasteiger partial charge in [-0.25, -0.2) is 0 Å². The molecule has 0 unspecified atom stereocenters. The van der Waals surface area contributed by atoms with Gasteiger partial charge in [-0.15, -0.1) is 0 Å². The molecule has 1 nitrogen and oxygen atoms in total. The topological polar surface area (TPSA) is 12.0 Å². The first-order chi connectivity index (χ1) is 12.9. The summed E-state index contributed by atoms with van der Waals surface area (Å²) in [6.45, 7) is 0.967.